The second kappa shape index (κ2) is 9.76. The van der Waals surface area contributed by atoms with Crippen molar-refractivity contribution in [2.75, 3.05) is 0 Å². The topological polar surface area (TPSA) is 17.8 Å². The van der Waals surface area contributed by atoms with Gasteiger partial charge in [-0.15, -0.1) is 0 Å². The average molecular weight is 441 g/mol. The summed E-state index contributed by atoms with van der Waals surface area (Å²) in [6, 6.07) is 42.6. The summed E-state index contributed by atoms with van der Waals surface area (Å²) in [6.45, 7) is 2.19. The van der Waals surface area contributed by atoms with Gasteiger partial charge in [0.05, 0.1) is 12.0 Å². The lowest BCUT2D eigenvalue weighted by atomic mass is 9.77. The van der Waals surface area contributed by atoms with Gasteiger partial charge in [-0.05, 0) is 40.3 Å². The Balaban J connectivity index is 1.73. The Hall–Kier alpha value is -4.17. The van der Waals surface area contributed by atoms with E-state index in [0.29, 0.717) is 0 Å². The molecule has 2 heteroatoms. The lowest BCUT2D eigenvalue weighted by Crippen LogP contribution is -2.36. The Kier molecular flexibility index (Phi) is 6.22. The first-order chi connectivity index (χ1) is 16.8. The van der Waals surface area contributed by atoms with Gasteiger partial charge in [-0.3, -0.25) is 0 Å². The normalized spacial score (nSPS) is 12.0. The summed E-state index contributed by atoms with van der Waals surface area (Å²) in [5.74, 6) is 0. The summed E-state index contributed by atoms with van der Waals surface area (Å²) < 4.78 is 2.26. The van der Waals surface area contributed by atoms with Crippen LogP contribution in [0, 0.1) is 0 Å². The lowest BCUT2D eigenvalue weighted by Gasteiger charge is -2.37. The molecule has 0 saturated carbocycles. The molecule has 34 heavy (non-hydrogen) atoms. The predicted molar refractivity (Wildman–Crippen MR) is 141 cm³/mol. The molecular weight excluding hydrogens is 412 g/mol. The van der Waals surface area contributed by atoms with Crippen LogP contribution in [0.4, 0.5) is 0 Å². The van der Waals surface area contributed by atoms with E-state index < -0.39 is 5.54 Å². The monoisotopic (exact) mass is 440 g/mol. The van der Waals surface area contributed by atoms with Crippen LogP contribution in [0.1, 0.15) is 41.3 Å². The highest BCUT2D eigenvalue weighted by molar-refractivity contribution is 5.80. The molecule has 0 bridgehead atoms. The van der Waals surface area contributed by atoms with Gasteiger partial charge in [0, 0.05) is 6.20 Å². The maximum absolute atomic E-state index is 4.86. The molecule has 0 saturated heterocycles. The Bertz CT molecular complexity index is 1260. The first-order valence-corrected chi connectivity index (χ1v) is 11.8. The van der Waals surface area contributed by atoms with Crippen molar-refractivity contribution >= 4 is 11.6 Å². The summed E-state index contributed by atoms with van der Waals surface area (Å²) >= 11 is 0. The van der Waals surface area contributed by atoms with Gasteiger partial charge in [0.15, 0.2) is 0 Å². The maximum atomic E-state index is 4.86. The van der Waals surface area contributed by atoms with Crippen LogP contribution in [0.15, 0.2) is 134 Å². The smallest absolute Gasteiger partial charge is 0.121 e. The first kappa shape index (κ1) is 21.7. The molecule has 166 valence electrons. The molecule has 2 nitrogen and oxygen atoms in total. The van der Waals surface area contributed by atoms with E-state index in [1.54, 1.807) is 0 Å². The van der Waals surface area contributed by atoms with E-state index >= 15 is 0 Å². The number of hydrogen-bond donors (Lipinski definition) is 0. The molecule has 0 fully saturated rings. The van der Waals surface area contributed by atoms with E-state index in [0.717, 1.165) is 12.1 Å². The quantitative estimate of drug-likeness (QED) is 0.237. The van der Waals surface area contributed by atoms with E-state index in [9.17, 15) is 0 Å². The van der Waals surface area contributed by atoms with E-state index in [-0.39, 0.29) is 0 Å². The fourth-order valence-corrected chi connectivity index (χ4v) is 4.80. The van der Waals surface area contributed by atoms with Gasteiger partial charge in [0.1, 0.15) is 5.54 Å². The van der Waals surface area contributed by atoms with E-state index in [4.69, 9.17) is 4.98 Å². The van der Waals surface area contributed by atoms with Gasteiger partial charge in [0.25, 0.3) is 0 Å². The fourth-order valence-electron chi connectivity index (χ4n) is 4.80. The second-order valence-corrected chi connectivity index (χ2v) is 8.40. The van der Waals surface area contributed by atoms with Crippen molar-refractivity contribution in [1.82, 2.24) is 9.55 Å². The number of nitrogens with zero attached hydrogens (tertiary/aromatic N) is 2. The lowest BCUT2D eigenvalue weighted by molar-refractivity contribution is 0.514. The van der Waals surface area contributed by atoms with Crippen LogP contribution >= 0.6 is 0 Å². The number of hydrogen-bond acceptors (Lipinski definition) is 1. The number of aromatic nitrogens is 2. The minimum absolute atomic E-state index is 0.540. The van der Waals surface area contributed by atoms with Crippen molar-refractivity contribution in [2.45, 2.75) is 18.9 Å². The van der Waals surface area contributed by atoms with Crippen LogP contribution in [0.5, 0.6) is 0 Å². The molecule has 5 rings (SSSR count). The standard InChI is InChI=1S/C32H28N2/c1-2-26(27-15-7-3-8-16-27)23-31-24-34(25-33-31)32(28-17-9-4-10-18-28,29-19-11-5-12-20-29)30-21-13-6-14-22-30/h3-25H,2H2,1H3/b26-23-. The van der Waals surface area contributed by atoms with Gasteiger partial charge < -0.3 is 4.57 Å². The molecule has 4 aromatic carbocycles. The highest BCUT2D eigenvalue weighted by Gasteiger charge is 2.38. The average Bonchev–Trinajstić information content (AvgIpc) is 3.39. The highest BCUT2D eigenvalue weighted by atomic mass is 15.1. The fraction of sp³-hybridized carbons (Fsp3) is 0.0938. The van der Waals surface area contributed by atoms with Crippen molar-refractivity contribution in [2.24, 2.45) is 0 Å². The van der Waals surface area contributed by atoms with Gasteiger partial charge >= 0.3 is 0 Å². The molecule has 0 amide bonds. The Morgan fingerprint density at radius 3 is 1.56 bits per heavy atom. The van der Waals surface area contributed by atoms with Crippen molar-refractivity contribution in [3.05, 3.63) is 162 Å². The van der Waals surface area contributed by atoms with Crippen LogP contribution in [0.3, 0.4) is 0 Å². The summed E-state index contributed by atoms with van der Waals surface area (Å²) in [5, 5.41) is 0. The van der Waals surface area contributed by atoms with E-state index in [1.807, 2.05) is 6.33 Å². The highest BCUT2D eigenvalue weighted by Crippen LogP contribution is 2.41. The van der Waals surface area contributed by atoms with Crippen LogP contribution in [-0.2, 0) is 5.54 Å². The molecule has 0 aliphatic heterocycles. The molecule has 0 unspecified atom stereocenters. The van der Waals surface area contributed by atoms with Crippen molar-refractivity contribution in [3.8, 4) is 0 Å². The summed E-state index contributed by atoms with van der Waals surface area (Å²) in [5.41, 5.74) is 6.50. The second-order valence-electron chi connectivity index (χ2n) is 8.40. The van der Waals surface area contributed by atoms with Crippen molar-refractivity contribution < 1.29 is 0 Å². The third-order valence-electron chi connectivity index (χ3n) is 6.41. The molecule has 1 aromatic heterocycles. The Morgan fingerprint density at radius 1 is 0.676 bits per heavy atom. The minimum atomic E-state index is -0.540. The number of benzene rings is 4. The SMILES string of the molecule is CC/C(=C/c1cn(C(c2ccccc2)(c2ccccc2)c2ccccc2)cn1)c1ccccc1. The van der Waals surface area contributed by atoms with Crippen LogP contribution < -0.4 is 0 Å². The van der Waals surface area contributed by atoms with Crippen LogP contribution in [-0.4, -0.2) is 9.55 Å². The maximum Gasteiger partial charge on any atom is 0.121 e. The van der Waals surface area contributed by atoms with E-state index in [2.05, 4.69) is 145 Å². The largest absolute Gasteiger partial charge is 0.318 e. The number of imidazole rings is 1. The molecule has 0 atom stereocenters. The Labute approximate surface area is 201 Å². The van der Waals surface area contributed by atoms with Crippen LogP contribution in [0.2, 0.25) is 0 Å². The summed E-state index contributed by atoms with van der Waals surface area (Å²) in [4.78, 5) is 4.86. The molecule has 0 radical (unpaired) electrons. The van der Waals surface area contributed by atoms with E-state index in [1.165, 1.54) is 27.8 Å². The van der Waals surface area contributed by atoms with Gasteiger partial charge in [0.2, 0.25) is 0 Å². The van der Waals surface area contributed by atoms with Crippen molar-refractivity contribution in [3.63, 3.8) is 0 Å². The zero-order chi connectivity index (χ0) is 23.2. The Morgan fingerprint density at radius 2 is 1.12 bits per heavy atom. The molecule has 0 aliphatic rings. The first-order valence-electron chi connectivity index (χ1n) is 11.8. The molecule has 1 heterocycles. The molecule has 0 N–H and O–H groups in total. The zero-order valence-corrected chi connectivity index (χ0v) is 19.4. The van der Waals surface area contributed by atoms with Crippen molar-refractivity contribution in [1.29, 1.82) is 0 Å². The third kappa shape index (κ3) is 3.99. The van der Waals surface area contributed by atoms with Gasteiger partial charge in [-0.2, -0.15) is 0 Å². The predicted octanol–water partition coefficient (Wildman–Crippen LogP) is 7.67. The van der Waals surface area contributed by atoms with Gasteiger partial charge in [-0.25, -0.2) is 4.98 Å². The molecule has 0 spiro atoms. The van der Waals surface area contributed by atoms with Gasteiger partial charge in [-0.1, -0.05) is 128 Å². The molecular formula is C32H28N2. The zero-order valence-electron chi connectivity index (χ0n) is 19.4. The third-order valence-corrected chi connectivity index (χ3v) is 6.41. The summed E-state index contributed by atoms with van der Waals surface area (Å²) in [7, 11) is 0. The minimum Gasteiger partial charge on any atom is -0.318 e. The molecule has 5 aromatic rings. The number of allylic oxidation sites excluding steroid dienone is 1. The number of rotatable bonds is 7. The summed E-state index contributed by atoms with van der Waals surface area (Å²) in [6.07, 6.45) is 7.29. The molecule has 0 aliphatic carbocycles. The van der Waals surface area contributed by atoms with Crippen LogP contribution in [0.25, 0.3) is 11.6 Å².